The number of sulfonamides is 1. The molecule has 1 rings (SSSR count). The topological polar surface area (TPSA) is 139 Å². The number of nitrogens with zero attached hydrogens (tertiary/aromatic N) is 1. The molecule has 0 radical (unpaired) electrons. The first-order chi connectivity index (χ1) is 9.78. The highest BCUT2D eigenvalue weighted by Gasteiger charge is 2.24. The van der Waals surface area contributed by atoms with Gasteiger partial charge < -0.3 is 10.4 Å². The lowest BCUT2D eigenvalue weighted by molar-refractivity contribution is -0.384. The molecule has 0 heterocycles. The maximum atomic E-state index is 11.4. The molecule has 0 aromatic heterocycles. The van der Waals surface area contributed by atoms with Crippen LogP contribution >= 0.6 is 0 Å². The van der Waals surface area contributed by atoms with E-state index in [1.165, 1.54) is 12.1 Å². The van der Waals surface area contributed by atoms with Crippen LogP contribution in [-0.4, -0.2) is 43.3 Å². The quantitative estimate of drug-likeness (QED) is 0.472. The van der Waals surface area contributed by atoms with Crippen molar-refractivity contribution in [1.82, 2.24) is 4.72 Å². The first-order valence-corrected chi connectivity index (χ1v) is 7.65. The summed E-state index contributed by atoms with van der Waals surface area (Å²) in [5, 5.41) is 22.5. The van der Waals surface area contributed by atoms with Crippen LogP contribution in [-0.2, 0) is 10.0 Å². The van der Waals surface area contributed by atoms with Crippen molar-refractivity contribution in [3.8, 4) is 0 Å². The Kier molecular flexibility index (Phi) is 5.61. The van der Waals surface area contributed by atoms with Crippen LogP contribution in [0.2, 0.25) is 0 Å². The Bertz CT molecular complexity index is 643. The van der Waals surface area contributed by atoms with E-state index >= 15 is 0 Å². The van der Waals surface area contributed by atoms with E-state index in [2.05, 4.69) is 10.0 Å². The number of nitro benzene ring substituents is 1. The Morgan fingerprint density at radius 2 is 2.10 bits per heavy atom. The summed E-state index contributed by atoms with van der Waals surface area (Å²) in [4.78, 5) is 21.1. The predicted molar refractivity (Wildman–Crippen MR) is 76.0 cm³/mol. The van der Waals surface area contributed by atoms with E-state index in [1.807, 2.05) is 0 Å². The highest BCUT2D eigenvalue weighted by Crippen LogP contribution is 2.28. The van der Waals surface area contributed by atoms with Crippen LogP contribution < -0.4 is 10.0 Å². The number of hydrogen-bond acceptors (Lipinski definition) is 6. The van der Waals surface area contributed by atoms with Gasteiger partial charge in [0.15, 0.2) is 0 Å². The fourth-order valence-corrected chi connectivity index (χ4v) is 2.62. The highest BCUT2D eigenvalue weighted by molar-refractivity contribution is 7.89. The number of aromatic carboxylic acids is 1. The van der Waals surface area contributed by atoms with Gasteiger partial charge in [-0.2, -0.15) is 0 Å². The van der Waals surface area contributed by atoms with Gasteiger partial charge in [-0.05, 0) is 12.1 Å². The second-order valence-electron chi connectivity index (χ2n) is 4.01. The first kappa shape index (κ1) is 16.9. The van der Waals surface area contributed by atoms with Gasteiger partial charge in [0.2, 0.25) is 10.0 Å². The molecule has 116 valence electrons. The summed E-state index contributed by atoms with van der Waals surface area (Å²) < 4.78 is 25.2. The van der Waals surface area contributed by atoms with Crippen LogP contribution in [0.5, 0.6) is 0 Å². The number of carbonyl (C=O) groups is 1. The third-order valence-corrected chi connectivity index (χ3v) is 3.97. The number of anilines is 1. The van der Waals surface area contributed by atoms with Gasteiger partial charge in [-0.15, -0.1) is 0 Å². The van der Waals surface area contributed by atoms with E-state index in [0.29, 0.717) is 0 Å². The molecule has 0 unspecified atom stereocenters. The van der Waals surface area contributed by atoms with Crippen molar-refractivity contribution in [2.24, 2.45) is 0 Å². The van der Waals surface area contributed by atoms with Crippen LogP contribution in [0.25, 0.3) is 0 Å². The summed E-state index contributed by atoms with van der Waals surface area (Å²) in [5.41, 5.74) is -1.09. The average molecular weight is 317 g/mol. The smallest absolute Gasteiger partial charge is 0.342 e. The molecule has 0 saturated heterocycles. The summed E-state index contributed by atoms with van der Waals surface area (Å²) >= 11 is 0. The number of hydrogen-bond donors (Lipinski definition) is 3. The third kappa shape index (κ3) is 4.68. The maximum absolute atomic E-state index is 11.4. The Balaban J connectivity index is 2.92. The molecule has 1 aromatic carbocycles. The average Bonchev–Trinajstić information content (AvgIpc) is 2.37. The molecule has 0 aliphatic rings. The van der Waals surface area contributed by atoms with Crippen molar-refractivity contribution in [2.45, 2.75) is 6.92 Å². The van der Waals surface area contributed by atoms with E-state index in [0.717, 1.165) is 6.07 Å². The molecule has 3 N–H and O–H groups in total. The maximum Gasteiger partial charge on any atom is 0.342 e. The van der Waals surface area contributed by atoms with Crippen molar-refractivity contribution in [2.75, 3.05) is 24.2 Å². The zero-order chi connectivity index (χ0) is 16.0. The second-order valence-corrected chi connectivity index (χ2v) is 5.93. The monoisotopic (exact) mass is 317 g/mol. The van der Waals surface area contributed by atoms with Crippen LogP contribution in [0, 0.1) is 10.1 Å². The fourth-order valence-electron chi connectivity index (χ4n) is 1.67. The molecule has 0 saturated carbocycles. The Hall–Kier alpha value is -2.20. The van der Waals surface area contributed by atoms with Crippen molar-refractivity contribution in [3.05, 3.63) is 33.9 Å². The fraction of sp³-hybridized carbons (Fsp3) is 0.364. The molecule has 0 atom stereocenters. The van der Waals surface area contributed by atoms with Crippen molar-refractivity contribution < 1.29 is 23.2 Å². The van der Waals surface area contributed by atoms with Crippen molar-refractivity contribution in [3.63, 3.8) is 0 Å². The van der Waals surface area contributed by atoms with Crippen LogP contribution in [0.15, 0.2) is 18.2 Å². The van der Waals surface area contributed by atoms with E-state index < -0.39 is 32.2 Å². The predicted octanol–water partition coefficient (Wildman–Crippen LogP) is 0.644. The molecule has 0 aliphatic heterocycles. The minimum Gasteiger partial charge on any atom is -0.477 e. The number of para-hydroxylation sites is 1. The van der Waals surface area contributed by atoms with E-state index in [9.17, 15) is 23.3 Å². The van der Waals surface area contributed by atoms with Gasteiger partial charge in [0.25, 0.3) is 0 Å². The molecule has 0 spiro atoms. The minimum atomic E-state index is -3.46. The molecule has 0 amide bonds. The summed E-state index contributed by atoms with van der Waals surface area (Å²) in [5.74, 6) is -1.71. The van der Waals surface area contributed by atoms with E-state index in [1.54, 1.807) is 6.92 Å². The number of benzene rings is 1. The van der Waals surface area contributed by atoms with Gasteiger partial charge in [-0.3, -0.25) is 10.1 Å². The number of nitro groups is 1. The summed E-state index contributed by atoms with van der Waals surface area (Å²) in [7, 11) is -3.46. The first-order valence-electron chi connectivity index (χ1n) is 6.00. The Morgan fingerprint density at radius 1 is 1.43 bits per heavy atom. The lowest BCUT2D eigenvalue weighted by Crippen LogP contribution is -2.29. The summed E-state index contributed by atoms with van der Waals surface area (Å²) in [6, 6.07) is 3.78. The normalized spacial score (nSPS) is 11.1. The molecular formula is C11H15N3O6S. The number of rotatable bonds is 8. The molecule has 0 fully saturated rings. The summed E-state index contributed by atoms with van der Waals surface area (Å²) in [6.07, 6.45) is 0. The molecule has 0 aliphatic carbocycles. The lowest BCUT2D eigenvalue weighted by atomic mass is 10.1. The largest absolute Gasteiger partial charge is 0.477 e. The van der Waals surface area contributed by atoms with Gasteiger partial charge in [0, 0.05) is 13.1 Å². The summed E-state index contributed by atoms with van der Waals surface area (Å²) in [6.45, 7) is 1.79. The van der Waals surface area contributed by atoms with Gasteiger partial charge in [0.05, 0.1) is 10.7 Å². The van der Waals surface area contributed by atoms with E-state index in [4.69, 9.17) is 5.11 Å². The zero-order valence-corrected chi connectivity index (χ0v) is 12.0. The zero-order valence-electron chi connectivity index (χ0n) is 11.2. The van der Waals surface area contributed by atoms with Gasteiger partial charge in [0.1, 0.15) is 11.3 Å². The minimum absolute atomic E-state index is 0.0356. The molecular weight excluding hydrogens is 302 g/mol. The number of carboxylic acids is 1. The van der Waals surface area contributed by atoms with Gasteiger partial charge in [-0.25, -0.2) is 17.9 Å². The number of nitrogens with one attached hydrogen (secondary N) is 2. The Labute approximate surface area is 121 Å². The highest BCUT2D eigenvalue weighted by atomic mass is 32.2. The third-order valence-electron chi connectivity index (χ3n) is 2.50. The van der Waals surface area contributed by atoms with Crippen LogP contribution in [0.4, 0.5) is 11.4 Å². The molecule has 9 nitrogen and oxygen atoms in total. The van der Waals surface area contributed by atoms with Crippen molar-refractivity contribution in [1.29, 1.82) is 0 Å². The van der Waals surface area contributed by atoms with E-state index in [-0.39, 0.29) is 24.5 Å². The van der Waals surface area contributed by atoms with Crippen molar-refractivity contribution >= 4 is 27.4 Å². The standard InChI is InChI=1S/C11H15N3O6S/c1-2-13-21(19,20)7-6-12-9-5-3-4-8(11(15)16)10(9)14(17)18/h3-5,12-13H,2,6-7H2,1H3,(H,15,16). The van der Waals surface area contributed by atoms with Gasteiger partial charge in [-0.1, -0.05) is 13.0 Å². The molecule has 0 bridgehead atoms. The molecule has 10 heteroatoms. The molecule has 21 heavy (non-hydrogen) atoms. The van der Waals surface area contributed by atoms with Gasteiger partial charge >= 0.3 is 11.7 Å². The lowest BCUT2D eigenvalue weighted by Gasteiger charge is -2.09. The van der Waals surface area contributed by atoms with Crippen LogP contribution in [0.1, 0.15) is 17.3 Å². The Morgan fingerprint density at radius 3 is 2.62 bits per heavy atom. The SMILES string of the molecule is CCNS(=O)(=O)CCNc1cccc(C(=O)O)c1[N+](=O)[O-]. The number of carboxylic acid groups (broad SMARTS) is 1. The second kappa shape index (κ2) is 6.99. The molecule has 1 aromatic rings. The van der Waals surface area contributed by atoms with Crippen LogP contribution in [0.3, 0.4) is 0 Å².